The Morgan fingerprint density at radius 1 is 0.466 bits per heavy atom. The van der Waals surface area contributed by atoms with Gasteiger partial charge >= 0.3 is 0 Å². The second-order valence-corrected chi connectivity index (χ2v) is 21.8. The van der Waals surface area contributed by atoms with Crippen molar-refractivity contribution in [1.82, 2.24) is 34.6 Å². The van der Waals surface area contributed by atoms with E-state index >= 15 is 0 Å². The average molecular weight is 1200 g/mol. The van der Waals surface area contributed by atoms with Gasteiger partial charge in [-0.1, -0.05) is 124 Å². The third kappa shape index (κ3) is 26.4. The van der Waals surface area contributed by atoms with E-state index in [9.17, 15) is 14.4 Å². The van der Waals surface area contributed by atoms with E-state index in [-0.39, 0.29) is 30.8 Å². The first-order chi connectivity index (χ1) is 43.2. The van der Waals surface area contributed by atoms with E-state index in [4.69, 9.17) is 48.4 Å². The second-order valence-electron chi connectivity index (χ2n) is 21.8. The van der Waals surface area contributed by atoms with E-state index in [1.807, 2.05) is 97.2 Å². The van der Waals surface area contributed by atoms with Crippen LogP contribution >= 0.6 is 0 Å². The van der Waals surface area contributed by atoms with Crippen LogP contribution in [-0.4, -0.2) is 132 Å². The van der Waals surface area contributed by atoms with Crippen LogP contribution in [-0.2, 0) is 90.3 Å². The number of anilines is 1. The Labute approximate surface area is 521 Å². The number of hydrogen-bond acceptors (Lipinski definition) is 15. The summed E-state index contributed by atoms with van der Waals surface area (Å²) in [5.74, 6) is 1.26. The van der Waals surface area contributed by atoms with Crippen molar-refractivity contribution in [2.24, 2.45) is 0 Å². The SMILES string of the molecule is CCCCCC(=O)Cc1cccc(CN(Cc2cc(CN(Cc3ccccn3)Cc3cccc(NC(=O)CCCCC)n3)cc(OCCOCCOCCN(Cc3ccc(-c4ccccc4)cc3)C(=O)COCCOCCOC)c2)Cc2ccccn2)n1. The minimum Gasteiger partial charge on any atom is -0.491 e. The summed E-state index contributed by atoms with van der Waals surface area (Å²) < 4.78 is 34.9. The van der Waals surface area contributed by atoms with E-state index < -0.39 is 0 Å². The zero-order chi connectivity index (χ0) is 61.6. The van der Waals surface area contributed by atoms with Gasteiger partial charge in [0.2, 0.25) is 11.8 Å². The van der Waals surface area contributed by atoms with Crippen LogP contribution in [0.2, 0.25) is 0 Å². The van der Waals surface area contributed by atoms with Gasteiger partial charge in [0.05, 0.1) is 75.6 Å². The van der Waals surface area contributed by atoms with E-state index in [2.05, 4.69) is 83.6 Å². The first-order valence-electron chi connectivity index (χ1n) is 31.2. The number of hydrogen-bond donors (Lipinski definition) is 1. The number of nitrogens with zero attached hydrogens (tertiary/aromatic N) is 7. The molecular formula is C71H90N8O9. The zero-order valence-electron chi connectivity index (χ0n) is 51.9. The minimum absolute atomic E-state index is 0.0380. The van der Waals surface area contributed by atoms with Gasteiger partial charge in [0.1, 0.15) is 30.6 Å². The Morgan fingerprint density at radius 2 is 1.01 bits per heavy atom. The Kier molecular flexibility index (Phi) is 30.9. The number of rotatable bonds is 44. The molecule has 1 N–H and O–H groups in total. The van der Waals surface area contributed by atoms with Crippen molar-refractivity contribution in [3.05, 3.63) is 203 Å². The lowest BCUT2D eigenvalue weighted by atomic mass is 10.0. The lowest BCUT2D eigenvalue weighted by molar-refractivity contribution is -0.138. The summed E-state index contributed by atoms with van der Waals surface area (Å²) in [6.07, 6.45) is 10.8. The first-order valence-corrected chi connectivity index (χ1v) is 31.2. The molecule has 0 unspecified atom stereocenters. The molecule has 2 amide bonds. The number of aromatic nitrogens is 4. The van der Waals surface area contributed by atoms with Gasteiger partial charge in [-0.2, -0.15) is 0 Å². The van der Waals surface area contributed by atoms with Gasteiger partial charge in [-0.3, -0.25) is 39.1 Å². The van der Waals surface area contributed by atoms with Gasteiger partial charge in [0.25, 0.3) is 0 Å². The molecule has 0 saturated heterocycles. The summed E-state index contributed by atoms with van der Waals surface area (Å²) >= 11 is 0. The predicted molar refractivity (Wildman–Crippen MR) is 343 cm³/mol. The molecule has 0 aliphatic rings. The maximum Gasteiger partial charge on any atom is 0.248 e. The maximum atomic E-state index is 13.5. The van der Waals surface area contributed by atoms with Gasteiger partial charge < -0.3 is 38.6 Å². The first kappa shape index (κ1) is 67.9. The molecule has 468 valence electrons. The molecule has 0 bridgehead atoms. The number of unbranched alkanes of at least 4 members (excludes halogenated alkanes) is 4. The zero-order valence-corrected chi connectivity index (χ0v) is 51.9. The van der Waals surface area contributed by atoms with E-state index in [1.165, 1.54) is 0 Å². The fourth-order valence-corrected chi connectivity index (χ4v) is 9.98. The number of methoxy groups -OCH3 is 1. The third-order valence-corrected chi connectivity index (χ3v) is 14.4. The number of ether oxygens (including phenoxy) is 6. The van der Waals surface area contributed by atoms with Gasteiger partial charge in [0.15, 0.2) is 0 Å². The number of amides is 2. The Bertz CT molecular complexity index is 2950. The largest absolute Gasteiger partial charge is 0.491 e. The molecule has 0 radical (unpaired) electrons. The monoisotopic (exact) mass is 1200 g/mol. The van der Waals surface area contributed by atoms with Gasteiger partial charge in [-0.15, -0.1) is 0 Å². The van der Waals surface area contributed by atoms with Gasteiger partial charge in [-0.05, 0) is 101 Å². The molecule has 4 heterocycles. The predicted octanol–water partition coefficient (Wildman–Crippen LogP) is 11.7. The fraction of sp³-hybridized carbons (Fsp3) is 0.423. The van der Waals surface area contributed by atoms with Crippen LogP contribution < -0.4 is 10.1 Å². The number of carbonyl (C=O) groups excluding carboxylic acids is 3. The highest BCUT2D eigenvalue weighted by molar-refractivity contribution is 5.89. The van der Waals surface area contributed by atoms with Crippen LogP contribution in [0.3, 0.4) is 0 Å². The number of pyridine rings is 4. The number of nitrogens with one attached hydrogen (secondary N) is 1. The molecule has 0 spiro atoms. The number of benzene rings is 3. The number of Topliss-reactive ketones (excluding diaryl/α,β-unsaturated/α-hetero) is 1. The Balaban J connectivity index is 1.02. The van der Waals surface area contributed by atoms with Crippen molar-refractivity contribution in [3.8, 4) is 16.9 Å². The average Bonchev–Trinajstić information content (AvgIpc) is 3.71. The standard InChI is InChI=1S/C71H90N8O9/c1-4-6-9-26-67(80)48-62-23-17-24-65(74-62)54-77(52-63-21-13-15-33-72-63)49-58-45-59(50-78(53-64-22-14-16-34-73-64)55-66-25-18-27-69(75-66)76-70(81)28-10-7-5-2)47-68(46-58)88-44-43-86-40-39-84-36-35-79(71(82)56-87-42-41-85-38-37-83-3)51-57-29-31-61(32-30-57)60-19-11-8-12-20-60/h8,11-25,27,29-34,45-47H,4-7,9-10,26,28,35-44,48-56H2,1-3H3,(H,75,76,81). The molecule has 7 rings (SSSR count). The maximum absolute atomic E-state index is 13.5. The smallest absolute Gasteiger partial charge is 0.248 e. The molecule has 7 aromatic rings. The highest BCUT2D eigenvalue weighted by Gasteiger charge is 2.18. The van der Waals surface area contributed by atoms with Gasteiger partial charge in [-0.25, -0.2) is 4.98 Å². The van der Waals surface area contributed by atoms with Crippen molar-refractivity contribution in [2.45, 2.75) is 117 Å². The van der Waals surface area contributed by atoms with E-state index in [0.717, 1.165) is 94.8 Å². The van der Waals surface area contributed by atoms with E-state index in [0.29, 0.717) is 136 Å². The summed E-state index contributed by atoms with van der Waals surface area (Å²) in [6.45, 7) is 11.4. The number of carbonyl (C=O) groups is 3. The highest BCUT2D eigenvalue weighted by atomic mass is 16.5. The summed E-state index contributed by atoms with van der Waals surface area (Å²) in [5, 5.41) is 3.01. The van der Waals surface area contributed by atoms with E-state index in [1.54, 1.807) is 18.2 Å². The lowest BCUT2D eigenvalue weighted by Gasteiger charge is -2.25. The van der Waals surface area contributed by atoms with Crippen LogP contribution in [0.5, 0.6) is 5.75 Å². The molecule has 3 aromatic carbocycles. The molecule has 0 fully saturated rings. The molecule has 88 heavy (non-hydrogen) atoms. The number of ketones is 1. The van der Waals surface area contributed by atoms with Crippen LogP contribution in [0.15, 0.2) is 158 Å². The Hall–Kier alpha value is -7.61. The van der Waals surface area contributed by atoms with Crippen molar-refractivity contribution in [3.63, 3.8) is 0 Å². The molecule has 0 aliphatic carbocycles. The van der Waals surface area contributed by atoms with Crippen molar-refractivity contribution >= 4 is 23.4 Å². The summed E-state index contributed by atoms with van der Waals surface area (Å²) in [5.41, 5.74) is 9.57. The van der Waals surface area contributed by atoms with Crippen molar-refractivity contribution in [2.75, 3.05) is 85.0 Å². The molecule has 4 aromatic heterocycles. The normalized spacial score (nSPS) is 11.3. The van der Waals surface area contributed by atoms with Crippen LogP contribution in [0, 0.1) is 0 Å². The fourth-order valence-electron chi connectivity index (χ4n) is 9.98. The summed E-state index contributed by atoms with van der Waals surface area (Å²) in [7, 11) is 1.62. The lowest BCUT2D eigenvalue weighted by Crippen LogP contribution is -2.36. The third-order valence-electron chi connectivity index (χ3n) is 14.4. The van der Waals surface area contributed by atoms with Gasteiger partial charge in [0, 0.05) is 96.8 Å². The summed E-state index contributed by atoms with van der Waals surface area (Å²) in [4.78, 5) is 65.0. The molecular weight excluding hydrogens is 1110 g/mol. The molecule has 17 heteroatoms. The minimum atomic E-state index is -0.138. The molecule has 17 nitrogen and oxygen atoms in total. The molecule has 0 atom stereocenters. The van der Waals surface area contributed by atoms with Crippen molar-refractivity contribution < 1.29 is 42.8 Å². The van der Waals surface area contributed by atoms with Crippen molar-refractivity contribution in [1.29, 1.82) is 0 Å². The van der Waals surface area contributed by atoms with Crippen LogP contribution in [0.4, 0.5) is 5.82 Å². The highest BCUT2D eigenvalue weighted by Crippen LogP contribution is 2.25. The second kappa shape index (κ2) is 40.0. The quantitative estimate of drug-likeness (QED) is 0.0356. The summed E-state index contributed by atoms with van der Waals surface area (Å²) in [6, 6.07) is 48.4. The van der Waals surface area contributed by atoms with Crippen LogP contribution in [0.25, 0.3) is 11.1 Å². The topological polar surface area (TPSA) is 180 Å². The molecule has 0 saturated carbocycles. The molecule has 0 aliphatic heterocycles. The Morgan fingerprint density at radius 3 is 1.65 bits per heavy atom. The van der Waals surface area contributed by atoms with Crippen LogP contribution in [0.1, 0.15) is 110 Å².